The van der Waals surface area contributed by atoms with Crippen LogP contribution in [0, 0.1) is 5.41 Å². The molecule has 2 fully saturated rings. The molecule has 2 aliphatic heterocycles. The fraction of sp³-hybridized carbons (Fsp3) is 0.650. The maximum Gasteiger partial charge on any atom is 0.253 e. The molecule has 0 N–H and O–H groups in total. The lowest BCUT2D eigenvalue weighted by Gasteiger charge is -2.37. The third-order valence-electron chi connectivity index (χ3n) is 5.16. The molecule has 2 heterocycles. The van der Waals surface area contributed by atoms with Crippen molar-refractivity contribution in [2.45, 2.75) is 38.5 Å². The lowest BCUT2D eigenvalue weighted by molar-refractivity contribution is 0.0592. The van der Waals surface area contributed by atoms with Crippen LogP contribution in [0.15, 0.2) is 29.2 Å². The number of amides is 1. The van der Waals surface area contributed by atoms with Crippen molar-refractivity contribution >= 4 is 15.9 Å². The van der Waals surface area contributed by atoms with Crippen molar-refractivity contribution in [3.63, 3.8) is 0 Å². The van der Waals surface area contributed by atoms with Crippen molar-refractivity contribution in [1.82, 2.24) is 14.1 Å². The summed E-state index contributed by atoms with van der Waals surface area (Å²) in [5.41, 5.74) is 0.808. The largest absolute Gasteiger partial charge is 0.336 e. The van der Waals surface area contributed by atoms with Gasteiger partial charge in [0.05, 0.1) is 4.90 Å². The molecule has 6 nitrogen and oxygen atoms in total. The Morgan fingerprint density at radius 3 is 2.00 bits per heavy atom. The molecule has 2 saturated heterocycles. The van der Waals surface area contributed by atoms with Crippen LogP contribution in [0.25, 0.3) is 0 Å². The van der Waals surface area contributed by atoms with Crippen LogP contribution in [0.1, 0.15) is 44.0 Å². The van der Waals surface area contributed by atoms with Crippen molar-refractivity contribution < 1.29 is 13.2 Å². The lowest BCUT2D eigenvalue weighted by atomic mass is 9.96. The molecule has 0 atom stereocenters. The van der Waals surface area contributed by atoms with Gasteiger partial charge in [-0.2, -0.15) is 4.31 Å². The van der Waals surface area contributed by atoms with Gasteiger partial charge >= 0.3 is 0 Å². The summed E-state index contributed by atoms with van der Waals surface area (Å²) in [5.74, 6) is -0.0180. The summed E-state index contributed by atoms with van der Waals surface area (Å²) in [7, 11) is -3.43. The van der Waals surface area contributed by atoms with Crippen LogP contribution in [0.5, 0.6) is 0 Å². The summed E-state index contributed by atoms with van der Waals surface area (Å²) in [5, 5.41) is 0. The van der Waals surface area contributed by atoms with Crippen molar-refractivity contribution in [2.24, 2.45) is 5.41 Å². The Kier molecular flexibility index (Phi) is 5.93. The van der Waals surface area contributed by atoms with Crippen LogP contribution in [0.3, 0.4) is 0 Å². The smallest absolute Gasteiger partial charge is 0.253 e. The number of benzene rings is 1. The molecule has 27 heavy (non-hydrogen) atoms. The fourth-order valence-corrected chi connectivity index (χ4v) is 5.33. The minimum Gasteiger partial charge on any atom is -0.336 e. The maximum absolute atomic E-state index is 12.8. The standard InChI is InChI=1S/C20H31N3O3S/c1-20(2,3)16-21-12-14-22(15-13-21)19(24)17-6-8-18(9-7-17)27(25,26)23-10-4-5-11-23/h6-9H,4-5,10-16H2,1-3H3. The maximum atomic E-state index is 12.8. The van der Waals surface area contributed by atoms with E-state index in [2.05, 4.69) is 25.7 Å². The second-order valence-corrected chi connectivity index (χ2v) is 10.7. The van der Waals surface area contributed by atoms with Crippen molar-refractivity contribution in [2.75, 3.05) is 45.8 Å². The second kappa shape index (κ2) is 7.89. The Hall–Kier alpha value is -1.44. The number of rotatable bonds is 4. The minimum atomic E-state index is -3.43. The number of hydrogen-bond donors (Lipinski definition) is 0. The van der Waals surface area contributed by atoms with Gasteiger partial charge in [-0.3, -0.25) is 9.69 Å². The van der Waals surface area contributed by atoms with Gasteiger partial charge in [-0.1, -0.05) is 20.8 Å². The van der Waals surface area contributed by atoms with Crippen LogP contribution >= 0.6 is 0 Å². The van der Waals surface area contributed by atoms with Gasteiger partial charge in [0.2, 0.25) is 10.0 Å². The van der Waals surface area contributed by atoms with Crippen LogP contribution in [-0.2, 0) is 10.0 Å². The van der Waals surface area contributed by atoms with Crippen LogP contribution < -0.4 is 0 Å². The Balaban J connectivity index is 1.61. The van der Waals surface area contributed by atoms with E-state index >= 15 is 0 Å². The topological polar surface area (TPSA) is 60.9 Å². The van der Waals surface area contributed by atoms with E-state index in [0.29, 0.717) is 31.7 Å². The Labute approximate surface area is 163 Å². The molecule has 1 amide bonds. The zero-order valence-corrected chi connectivity index (χ0v) is 17.5. The number of hydrogen-bond acceptors (Lipinski definition) is 4. The normalized spacial score (nSPS) is 20.2. The van der Waals surface area contributed by atoms with Crippen molar-refractivity contribution in [3.8, 4) is 0 Å². The van der Waals surface area contributed by atoms with Crippen molar-refractivity contribution in [3.05, 3.63) is 29.8 Å². The first-order valence-corrected chi connectivity index (χ1v) is 11.2. The van der Waals surface area contributed by atoms with E-state index in [1.54, 1.807) is 24.3 Å². The zero-order chi connectivity index (χ0) is 19.7. The Morgan fingerprint density at radius 1 is 0.926 bits per heavy atom. The summed E-state index contributed by atoms with van der Waals surface area (Å²) in [6.07, 6.45) is 1.83. The van der Waals surface area contributed by atoms with E-state index in [4.69, 9.17) is 0 Å². The summed E-state index contributed by atoms with van der Waals surface area (Å²) in [4.78, 5) is 17.3. The van der Waals surface area contributed by atoms with E-state index in [0.717, 1.165) is 32.5 Å². The van der Waals surface area contributed by atoms with Gasteiger partial charge in [0, 0.05) is 51.4 Å². The number of sulfonamides is 1. The molecule has 0 radical (unpaired) electrons. The van der Waals surface area contributed by atoms with E-state index in [1.807, 2.05) is 4.90 Å². The van der Waals surface area contributed by atoms with E-state index in [1.165, 1.54) is 4.31 Å². The second-order valence-electron chi connectivity index (χ2n) is 8.76. The molecule has 150 valence electrons. The quantitative estimate of drug-likeness (QED) is 0.787. The molecular formula is C20H31N3O3S. The first-order valence-electron chi connectivity index (χ1n) is 9.79. The number of nitrogens with zero attached hydrogens (tertiary/aromatic N) is 3. The highest BCUT2D eigenvalue weighted by Gasteiger charge is 2.28. The molecule has 0 saturated carbocycles. The van der Waals surface area contributed by atoms with Crippen molar-refractivity contribution in [1.29, 1.82) is 0 Å². The van der Waals surface area contributed by atoms with E-state index < -0.39 is 10.0 Å². The zero-order valence-electron chi connectivity index (χ0n) is 16.6. The molecule has 2 aliphatic rings. The molecule has 0 aliphatic carbocycles. The molecular weight excluding hydrogens is 362 g/mol. The number of piperazine rings is 1. The number of carbonyl (C=O) groups is 1. The molecule has 0 unspecified atom stereocenters. The van der Waals surface area contributed by atoms with E-state index in [-0.39, 0.29) is 16.2 Å². The van der Waals surface area contributed by atoms with Gasteiger partial charge in [0.15, 0.2) is 0 Å². The predicted octanol–water partition coefficient (Wildman–Crippen LogP) is 2.28. The van der Waals surface area contributed by atoms with Gasteiger partial charge in [-0.25, -0.2) is 8.42 Å². The average Bonchev–Trinajstić information content (AvgIpc) is 3.16. The molecule has 1 aromatic rings. The molecule has 0 aromatic heterocycles. The predicted molar refractivity (Wildman–Crippen MR) is 106 cm³/mol. The molecule has 3 rings (SSSR count). The summed E-state index contributed by atoms with van der Waals surface area (Å²) >= 11 is 0. The van der Waals surface area contributed by atoms with Gasteiger partial charge in [0.1, 0.15) is 0 Å². The summed E-state index contributed by atoms with van der Waals surface area (Å²) < 4.78 is 26.7. The van der Waals surface area contributed by atoms with Crippen LogP contribution in [0.4, 0.5) is 0 Å². The third-order valence-corrected chi connectivity index (χ3v) is 7.07. The first-order chi connectivity index (χ1) is 12.7. The Morgan fingerprint density at radius 2 is 1.48 bits per heavy atom. The first kappa shape index (κ1) is 20.3. The van der Waals surface area contributed by atoms with E-state index in [9.17, 15) is 13.2 Å². The molecule has 7 heteroatoms. The highest BCUT2D eigenvalue weighted by molar-refractivity contribution is 7.89. The summed E-state index contributed by atoms with van der Waals surface area (Å²) in [6.45, 7) is 12.1. The molecule has 0 bridgehead atoms. The minimum absolute atomic E-state index is 0.0180. The van der Waals surface area contributed by atoms with Crippen LogP contribution in [0.2, 0.25) is 0 Å². The van der Waals surface area contributed by atoms with Gasteiger partial charge < -0.3 is 4.90 Å². The summed E-state index contributed by atoms with van der Waals surface area (Å²) in [6, 6.07) is 6.42. The van der Waals surface area contributed by atoms with Gasteiger partial charge in [-0.15, -0.1) is 0 Å². The molecule has 0 spiro atoms. The average molecular weight is 394 g/mol. The fourth-order valence-electron chi connectivity index (χ4n) is 3.81. The highest BCUT2D eigenvalue weighted by Crippen LogP contribution is 2.22. The van der Waals surface area contributed by atoms with Gasteiger partial charge in [0.25, 0.3) is 5.91 Å². The molecule has 1 aromatic carbocycles. The lowest BCUT2D eigenvalue weighted by Crippen LogP contribution is -2.50. The monoisotopic (exact) mass is 393 g/mol. The van der Waals surface area contributed by atoms with Gasteiger partial charge in [-0.05, 0) is 42.5 Å². The SMILES string of the molecule is CC(C)(C)CN1CCN(C(=O)c2ccc(S(=O)(=O)N3CCCC3)cc2)CC1. The Bertz CT molecular complexity index is 755. The number of carbonyl (C=O) groups excluding carboxylic acids is 1. The van der Waals surface area contributed by atoms with Crippen LogP contribution in [-0.4, -0.2) is 74.2 Å². The highest BCUT2D eigenvalue weighted by atomic mass is 32.2. The third kappa shape index (κ3) is 4.89.